The Bertz CT molecular complexity index is 407. The van der Waals surface area contributed by atoms with Crippen LogP contribution in [0.15, 0.2) is 0 Å². The third kappa shape index (κ3) is 2.48. The van der Waals surface area contributed by atoms with E-state index >= 15 is 0 Å². The number of hydrogen-bond acceptors (Lipinski definition) is 3. The van der Waals surface area contributed by atoms with Gasteiger partial charge in [-0.2, -0.15) is 0 Å². The largest absolute Gasteiger partial charge is 0.364 e. The lowest BCUT2D eigenvalue weighted by Gasteiger charge is -2.25. The van der Waals surface area contributed by atoms with Gasteiger partial charge in [-0.25, -0.2) is 4.68 Å². The summed E-state index contributed by atoms with van der Waals surface area (Å²) in [5, 5.41) is 7.95. The molecule has 0 aliphatic heterocycles. The van der Waals surface area contributed by atoms with Crippen molar-refractivity contribution < 1.29 is 4.79 Å². The molecule has 1 aliphatic carbocycles. The summed E-state index contributed by atoms with van der Waals surface area (Å²) in [6.07, 6.45) is 5.13. The molecule has 1 saturated carbocycles. The van der Waals surface area contributed by atoms with Crippen molar-refractivity contribution in [3.05, 3.63) is 11.4 Å². The van der Waals surface area contributed by atoms with Gasteiger partial charge in [0.05, 0.1) is 5.69 Å². The van der Waals surface area contributed by atoms with Crippen molar-refractivity contribution in [3.63, 3.8) is 0 Å². The second-order valence-corrected chi connectivity index (χ2v) is 5.15. The van der Waals surface area contributed by atoms with E-state index in [1.807, 2.05) is 18.5 Å². The summed E-state index contributed by atoms with van der Waals surface area (Å²) >= 11 is 0. The van der Waals surface area contributed by atoms with Crippen LogP contribution in [0.5, 0.6) is 0 Å². The number of aromatic nitrogens is 3. The average molecular weight is 236 g/mol. The average Bonchev–Trinajstić information content (AvgIpc) is 2.59. The number of rotatable bonds is 5. The summed E-state index contributed by atoms with van der Waals surface area (Å²) in [5.41, 5.74) is 6.50. The maximum atomic E-state index is 11.3. The van der Waals surface area contributed by atoms with Gasteiger partial charge in [-0.3, -0.25) is 4.79 Å². The first kappa shape index (κ1) is 12.1. The number of nitrogens with zero attached hydrogens (tertiary/aromatic N) is 3. The van der Waals surface area contributed by atoms with Gasteiger partial charge in [-0.05, 0) is 18.3 Å². The lowest BCUT2D eigenvalue weighted by molar-refractivity contribution is 0.0994. The summed E-state index contributed by atoms with van der Waals surface area (Å²) in [5.74, 6) is 0.564. The molecule has 1 amide bonds. The normalized spacial score (nSPS) is 16.2. The second kappa shape index (κ2) is 4.85. The first-order chi connectivity index (χ1) is 8.09. The molecule has 1 aromatic rings. The molecule has 1 heterocycles. The molecule has 1 aliphatic rings. The molecule has 0 unspecified atom stereocenters. The highest BCUT2D eigenvalue weighted by atomic mass is 16.1. The number of carbonyl (C=O) groups excluding carboxylic acids is 1. The molecule has 94 valence electrons. The number of hydrogen-bond donors (Lipinski definition) is 1. The van der Waals surface area contributed by atoms with Crippen LogP contribution < -0.4 is 5.73 Å². The number of carbonyl (C=O) groups is 1. The predicted molar refractivity (Wildman–Crippen MR) is 64.6 cm³/mol. The number of nitrogens with two attached hydrogens (primary N) is 1. The number of primary amides is 1. The van der Waals surface area contributed by atoms with Crippen LogP contribution >= 0.6 is 0 Å². The van der Waals surface area contributed by atoms with Crippen LogP contribution in [0.3, 0.4) is 0 Å². The van der Waals surface area contributed by atoms with Crippen molar-refractivity contribution in [1.29, 1.82) is 0 Å². The van der Waals surface area contributed by atoms with Gasteiger partial charge in [-0.15, -0.1) is 5.10 Å². The highest BCUT2D eigenvalue weighted by Gasteiger charge is 2.22. The molecule has 0 aromatic carbocycles. The second-order valence-electron chi connectivity index (χ2n) is 5.15. The molecule has 5 nitrogen and oxygen atoms in total. The van der Waals surface area contributed by atoms with Crippen molar-refractivity contribution in [3.8, 4) is 0 Å². The van der Waals surface area contributed by atoms with E-state index in [-0.39, 0.29) is 5.92 Å². The van der Waals surface area contributed by atoms with Crippen LogP contribution in [-0.4, -0.2) is 20.9 Å². The molecule has 0 bridgehead atoms. The van der Waals surface area contributed by atoms with Gasteiger partial charge < -0.3 is 5.73 Å². The molecular weight excluding hydrogens is 216 g/mol. The Hall–Kier alpha value is -1.39. The molecule has 0 radical (unpaired) electrons. The lowest BCUT2D eigenvalue weighted by Crippen LogP contribution is -2.18. The number of amides is 1. The fraction of sp³-hybridized carbons (Fsp3) is 0.750. The van der Waals surface area contributed by atoms with E-state index < -0.39 is 5.91 Å². The molecule has 5 heteroatoms. The highest BCUT2D eigenvalue weighted by molar-refractivity contribution is 5.91. The highest BCUT2D eigenvalue weighted by Crippen LogP contribution is 2.30. The van der Waals surface area contributed by atoms with E-state index in [9.17, 15) is 4.79 Å². The molecular formula is C12H20N4O. The Morgan fingerprint density at radius 2 is 2.24 bits per heavy atom. The fourth-order valence-electron chi connectivity index (χ4n) is 2.32. The van der Waals surface area contributed by atoms with Crippen molar-refractivity contribution in [2.75, 3.05) is 0 Å². The smallest absolute Gasteiger partial charge is 0.271 e. The van der Waals surface area contributed by atoms with Crippen LogP contribution in [-0.2, 0) is 6.54 Å². The summed E-state index contributed by atoms with van der Waals surface area (Å²) in [6.45, 7) is 4.91. The van der Waals surface area contributed by atoms with Crippen LogP contribution in [0.2, 0.25) is 0 Å². The van der Waals surface area contributed by atoms with Crippen LogP contribution in [0.1, 0.15) is 61.6 Å². The molecule has 2 rings (SSSR count). The SMILES string of the molecule is CC(C)c1c(C(N)=O)nnn1CCC1CCC1. The third-order valence-corrected chi connectivity index (χ3v) is 3.53. The summed E-state index contributed by atoms with van der Waals surface area (Å²) in [7, 11) is 0. The van der Waals surface area contributed by atoms with Gasteiger partial charge in [0.25, 0.3) is 5.91 Å². The minimum Gasteiger partial charge on any atom is -0.364 e. The first-order valence-electron chi connectivity index (χ1n) is 6.32. The Kier molecular flexibility index (Phi) is 3.45. The van der Waals surface area contributed by atoms with E-state index in [0.717, 1.165) is 24.6 Å². The zero-order chi connectivity index (χ0) is 12.4. The molecule has 1 fully saturated rings. The van der Waals surface area contributed by atoms with Crippen LogP contribution in [0, 0.1) is 5.92 Å². The van der Waals surface area contributed by atoms with Gasteiger partial charge in [-0.1, -0.05) is 38.3 Å². The zero-order valence-corrected chi connectivity index (χ0v) is 10.5. The summed E-state index contributed by atoms with van der Waals surface area (Å²) < 4.78 is 1.85. The van der Waals surface area contributed by atoms with Crippen molar-refractivity contribution in [2.45, 2.75) is 52.0 Å². The Balaban J connectivity index is 2.11. The van der Waals surface area contributed by atoms with E-state index in [2.05, 4.69) is 10.3 Å². The van der Waals surface area contributed by atoms with Gasteiger partial charge >= 0.3 is 0 Å². The minimum absolute atomic E-state index is 0.217. The minimum atomic E-state index is -0.483. The maximum Gasteiger partial charge on any atom is 0.271 e. The van der Waals surface area contributed by atoms with Gasteiger partial charge in [0.15, 0.2) is 5.69 Å². The van der Waals surface area contributed by atoms with E-state index in [1.54, 1.807) is 0 Å². The maximum absolute atomic E-state index is 11.3. The molecule has 17 heavy (non-hydrogen) atoms. The molecule has 0 atom stereocenters. The molecule has 0 spiro atoms. The molecule has 1 aromatic heterocycles. The molecule has 0 saturated heterocycles. The van der Waals surface area contributed by atoms with E-state index in [4.69, 9.17) is 5.73 Å². The van der Waals surface area contributed by atoms with Crippen molar-refractivity contribution in [2.24, 2.45) is 11.7 Å². The quantitative estimate of drug-likeness (QED) is 0.845. The Morgan fingerprint density at radius 3 is 2.71 bits per heavy atom. The summed E-state index contributed by atoms with van der Waals surface area (Å²) in [6, 6.07) is 0. The van der Waals surface area contributed by atoms with Crippen molar-refractivity contribution in [1.82, 2.24) is 15.0 Å². The Labute approximate surface area is 101 Å². The standard InChI is InChI=1S/C12H20N4O/c1-8(2)11-10(12(13)17)14-15-16(11)7-6-9-4-3-5-9/h8-9H,3-7H2,1-2H3,(H2,13,17). The topological polar surface area (TPSA) is 73.8 Å². The zero-order valence-electron chi connectivity index (χ0n) is 10.5. The first-order valence-corrected chi connectivity index (χ1v) is 6.32. The third-order valence-electron chi connectivity index (χ3n) is 3.53. The van der Waals surface area contributed by atoms with Gasteiger partial charge in [0.1, 0.15) is 0 Å². The van der Waals surface area contributed by atoms with Gasteiger partial charge in [0.2, 0.25) is 0 Å². The summed E-state index contributed by atoms with van der Waals surface area (Å²) in [4.78, 5) is 11.3. The van der Waals surface area contributed by atoms with Gasteiger partial charge in [0, 0.05) is 6.54 Å². The molecule has 2 N–H and O–H groups in total. The van der Waals surface area contributed by atoms with E-state index in [0.29, 0.717) is 5.69 Å². The van der Waals surface area contributed by atoms with Crippen LogP contribution in [0.4, 0.5) is 0 Å². The monoisotopic (exact) mass is 236 g/mol. The van der Waals surface area contributed by atoms with Crippen molar-refractivity contribution >= 4 is 5.91 Å². The Morgan fingerprint density at radius 1 is 1.53 bits per heavy atom. The fourth-order valence-corrected chi connectivity index (χ4v) is 2.32. The predicted octanol–water partition coefficient (Wildman–Crippen LogP) is 1.69. The lowest BCUT2D eigenvalue weighted by atomic mass is 9.83. The number of aryl methyl sites for hydroxylation is 1. The van der Waals surface area contributed by atoms with Crippen LogP contribution in [0.25, 0.3) is 0 Å². The van der Waals surface area contributed by atoms with E-state index in [1.165, 1.54) is 19.3 Å².